The first-order valence-electron chi connectivity index (χ1n) is 7.48. The molecule has 0 amide bonds. The zero-order valence-corrected chi connectivity index (χ0v) is 14.0. The molecular formula is C19H24ClN. The monoisotopic (exact) mass is 301 g/mol. The van der Waals surface area contributed by atoms with Crippen LogP contribution in [-0.4, -0.2) is 0 Å². The molecule has 0 saturated heterocycles. The van der Waals surface area contributed by atoms with Crippen LogP contribution in [0.1, 0.15) is 55.5 Å². The fraction of sp³-hybridized carbons (Fsp3) is 0.368. The zero-order valence-electron chi connectivity index (χ0n) is 13.3. The van der Waals surface area contributed by atoms with Gasteiger partial charge in [0.1, 0.15) is 0 Å². The van der Waals surface area contributed by atoms with Crippen molar-refractivity contribution >= 4 is 11.6 Å². The van der Waals surface area contributed by atoms with E-state index in [1.807, 2.05) is 19.1 Å². The predicted octanol–water partition coefficient (Wildman–Crippen LogP) is 5.38. The smallest absolute Gasteiger partial charge is 0.0554 e. The number of rotatable bonds is 4. The van der Waals surface area contributed by atoms with Crippen molar-refractivity contribution in [3.8, 4) is 0 Å². The van der Waals surface area contributed by atoms with Crippen molar-refractivity contribution in [2.24, 2.45) is 5.73 Å². The molecule has 0 bridgehead atoms. The molecule has 21 heavy (non-hydrogen) atoms. The lowest BCUT2D eigenvalue weighted by Crippen LogP contribution is -2.17. The maximum Gasteiger partial charge on any atom is 0.0554 e. The van der Waals surface area contributed by atoms with Gasteiger partial charge in [-0.05, 0) is 47.1 Å². The molecule has 0 aliphatic carbocycles. The van der Waals surface area contributed by atoms with Crippen LogP contribution in [0.5, 0.6) is 0 Å². The maximum atomic E-state index is 6.42. The largest absolute Gasteiger partial charge is 0.320 e. The van der Waals surface area contributed by atoms with Crippen molar-refractivity contribution in [1.29, 1.82) is 0 Å². The SMILES string of the molecule is CCC(C)(C)c1ccc(C(N)c2cccc(Cl)c2C)cc1. The Morgan fingerprint density at radius 3 is 2.29 bits per heavy atom. The highest BCUT2D eigenvalue weighted by atomic mass is 35.5. The molecule has 2 aromatic carbocycles. The topological polar surface area (TPSA) is 26.0 Å². The molecule has 1 unspecified atom stereocenters. The molecule has 0 heterocycles. The van der Waals surface area contributed by atoms with Gasteiger partial charge in [0.25, 0.3) is 0 Å². The first-order valence-corrected chi connectivity index (χ1v) is 7.85. The second-order valence-electron chi connectivity index (χ2n) is 6.29. The van der Waals surface area contributed by atoms with Crippen molar-refractivity contribution in [2.45, 2.75) is 45.6 Å². The summed E-state index contributed by atoms with van der Waals surface area (Å²) in [6, 6.07) is 14.4. The van der Waals surface area contributed by atoms with Crippen LogP contribution in [0.25, 0.3) is 0 Å². The summed E-state index contributed by atoms with van der Waals surface area (Å²) in [6.45, 7) is 8.77. The van der Waals surface area contributed by atoms with Gasteiger partial charge in [-0.3, -0.25) is 0 Å². The minimum Gasteiger partial charge on any atom is -0.320 e. The maximum absolute atomic E-state index is 6.42. The van der Waals surface area contributed by atoms with Crippen molar-refractivity contribution in [1.82, 2.24) is 0 Å². The summed E-state index contributed by atoms with van der Waals surface area (Å²) in [6.07, 6.45) is 1.12. The molecule has 2 heteroatoms. The minimum absolute atomic E-state index is 0.137. The molecule has 2 aromatic rings. The number of nitrogens with two attached hydrogens (primary N) is 1. The van der Waals surface area contributed by atoms with Gasteiger partial charge in [0.15, 0.2) is 0 Å². The van der Waals surface area contributed by atoms with E-state index in [0.29, 0.717) is 0 Å². The lowest BCUT2D eigenvalue weighted by atomic mass is 9.81. The summed E-state index contributed by atoms with van der Waals surface area (Å²) in [7, 11) is 0. The molecule has 112 valence electrons. The molecule has 0 radical (unpaired) electrons. The van der Waals surface area contributed by atoms with E-state index in [2.05, 4.69) is 51.1 Å². The van der Waals surface area contributed by atoms with Gasteiger partial charge in [0, 0.05) is 5.02 Å². The fourth-order valence-electron chi connectivity index (χ4n) is 2.49. The Morgan fingerprint density at radius 1 is 1.10 bits per heavy atom. The Hall–Kier alpha value is -1.31. The lowest BCUT2D eigenvalue weighted by molar-refractivity contribution is 0.506. The van der Waals surface area contributed by atoms with Crippen molar-refractivity contribution in [2.75, 3.05) is 0 Å². The van der Waals surface area contributed by atoms with E-state index in [0.717, 1.165) is 28.1 Å². The Kier molecular flexibility index (Phi) is 4.75. The molecule has 2 rings (SSSR count). The van der Waals surface area contributed by atoms with Crippen LogP contribution in [-0.2, 0) is 5.41 Å². The lowest BCUT2D eigenvalue weighted by Gasteiger charge is -2.24. The van der Waals surface area contributed by atoms with Gasteiger partial charge in [-0.1, -0.05) is 68.8 Å². The van der Waals surface area contributed by atoms with Gasteiger partial charge in [-0.25, -0.2) is 0 Å². The molecule has 0 spiro atoms. The Labute approximate surface area is 133 Å². The van der Waals surface area contributed by atoms with Crippen LogP contribution in [0, 0.1) is 6.92 Å². The van der Waals surface area contributed by atoms with Crippen LogP contribution >= 0.6 is 11.6 Å². The summed E-state index contributed by atoms with van der Waals surface area (Å²) < 4.78 is 0. The average molecular weight is 302 g/mol. The van der Waals surface area contributed by atoms with Crippen LogP contribution < -0.4 is 5.73 Å². The third-order valence-electron chi connectivity index (χ3n) is 4.58. The van der Waals surface area contributed by atoms with Crippen LogP contribution in [0.2, 0.25) is 5.02 Å². The van der Waals surface area contributed by atoms with Gasteiger partial charge in [0.05, 0.1) is 6.04 Å². The molecule has 0 aliphatic rings. The van der Waals surface area contributed by atoms with Crippen molar-refractivity contribution < 1.29 is 0 Å². The number of hydrogen-bond acceptors (Lipinski definition) is 1. The van der Waals surface area contributed by atoms with E-state index < -0.39 is 0 Å². The molecule has 0 aromatic heterocycles. The molecule has 0 aliphatic heterocycles. The highest BCUT2D eigenvalue weighted by Crippen LogP contribution is 2.30. The number of benzene rings is 2. The molecule has 0 saturated carbocycles. The minimum atomic E-state index is -0.137. The van der Waals surface area contributed by atoms with E-state index in [4.69, 9.17) is 17.3 Å². The quantitative estimate of drug-likeness (QED) is 0.805. The summed E-state index contributed by atoms with van der Waals surface area (Å²) in [4.78, 5) is 0. The van der Waals surface area contributed by atoms with Gasteiger partial charge in [0.2, 0.25) is 0 Å². The first-order chi connectivity index (χ1) is 9.86. The van der Waals surface area contributed by atoms with Gasteiger partial charge in [-0.2, -0.15) is 0 Å². The fourth-order valence-corrected chi connectivity index (χ4v) is 2.67. The summed E-state index contributed by atoms with van der Waals surface area (Å²) >= 11 is 6.19. The standard InChI is InChI=1S/C19H24ClN/c1-5-19(3,4)15-11-9-14(10-12-15)18(21)16-7-6-8-17(20)13(16)2/h6-12,18H,5,21H2,1-4H3. The van der Waals surface area contributed by atoms with Crippen LogP contribution in [0.4, 0.5) is 0 Å². The molecule has 2 N–H and O–H groups in total. The summed E-state index contributed by atoms with van der Waals surface area (Å²) in [5.74, 6) is 0. The molecule has 1 atom stereocenters. The Morgan fingerprint density at radius 2 is 1.71 bits per heavy atom. The molecular weight excluding hydrogens is 278 g/mol. The predicted molar refractivity (Wildman–Crippen MR) is 92.0 cm³/mol. The van der Waals surface area contributed by atoms with E-state index in [1.165, 1.54) is 5.56 Å². The summed E-state index contributed by atoms with van der Waals surface area (Å²) in [5, 5.41) is 0.770. The Balaban J connectivity index is 2.32. The van der Waals surface area contributed by atoms with Crippen molar-refractivity contribution in [3.05, 3.63) is 69.7 Å². The highest BCUT2D eigenvalue weighted by molar-refractivity contribution is 6.31. The second kappa shape index (κ2) is 6.21. The van der Waals surface area contributed by atoms with Gasteiger partial charge >= 0.3 is 0 Å². The van der Waals surface area contributed by atoms with Gasteiger partial charge < -0.3 is 5.73 Å². The van der Waals surface area contributed by atoms with E-state index in [1.54, 1.807) is 0 Å². The van der Waals surface area contributed by atoms with Crippen molar-refractivity contribution in [3.63, 3.8) is 0 Å². The molecule has 1 nitrogen and oxygen atoms in total. The number of hydrogen-bond donors (Lipinski definition) is 1. The normalized spacial score (nSPS) is 13.2. The van der Waals surface area contributed by atoms with Crippen LogP contribution in [0.3, 0.4) is 0 Å². The number of halogens is 1. The third kappa shape index (κ3) is 3.30. The van der Waals surface area contributed by atoms with Gasteiger partial charge in [-0.15, -0.1) is 0 Å². The zero-order chi connectivity index (χ0) is 15.6. The second-order valence-corrected chi connectivity index (χ2v) is 6.70. The summed E-state index contributed by atoms with van der Waals surface area (Å²) in [5.41, 5.74) is 11.2. The van der Waals surface area contributed by atoms with E-state index >= 15 is 0 Å². The molecule has 0 fully saturated rings. The average Bonchev–Trinajstić information content (AvgIpc) is 2.49. The Bertz CT molecular complexity index is 614. The van der Waals surface area contributed by atoms with Crippen LogP contribution in [0.15, 0.2) is 42.5 Å². The first kappa shape index (κ1) is 16.1. The highest BCUT2D eigenvalue weighted by Gasteiger charge is 2.19. The van der Waals surface area contributed by atoms with E-state index in [9.17, 15) is 0 Å². The van der Waals surface area contributed by atoms with E-state index in [-0.39, 0.29) is 11.5 Å². The third-order valence-corrected chi connectivity index (χ3v) is 4.99.